The Kier molecular flexibility index (Phi) is 11.0. The van der Waals surface area contributed by atoms with Crippen molar-refractivity contribution in [2.24, 2.45) is 10.4 Å². The predicted octanol–water partition coefficient (Wildman–Crippen LogP) is 2.27. The highest BCUT2D eigenvalue weighted by molar-refractivity contribution is 14.0. The van der Waals surface area contributed by atoms with Crippen LogP contribution in [-0.4, -0.2) is 62.6 Å². The largest absolute Gasteiger partial charge is 0.396 e. The van der Waals surface area contributed by atoms with Gasteiger partial charge in [-0.25, -0.2) is 4.99 Å². The number of carbonyl (C=O) groups excluding carboxylic acids is 1. The number of carbonyl (C=O) groups is 1. The Morgan fingerprint density at radius 1 is 1.32 bits per heavy atom. The van der Waals surface area contributed by atoms with Crippen LogP contribution in [0, 0.1) is 5.41 Å². The van der Waals surface area contributed by atoms with Gasteiger partial charge in [0.15, 0.2) is 5.96 Å². The van der Waals surface area contributed by atoms with E-state index in [-0.39, 0.29) is 48.0 Å². The molecule has 8 nitrogen and oxygen atoms in total. The lowest BCUT2D eigenvalue weighted by Gasteiger charge is -2.27. The van der Waals surface area contributed by atoms with Gasteiger partial charge >= 0.3 is 0 Å². The van der Waals surface area contributed by atoms with Gasteiger partial charge in [0.05, 0.1) is 13.2 Å². The third kappa shape index (κ3) is 7.89. The van der Waals surface area contributed by atoms with Crippen molar-refractivity contribution in [3.8, 4) is 0 Å². The Bertz CT molecular complexity index is 719. The second kappa shape index (κ2) is 13.2. The summed E-state index contributed by atoms with van der Waals surface area (Å²) >= 11 is 0. The minimum absolute atomic E-state index is 0. The lowest BCUT2D eigenvalue weighted by molar-refractivity contribution is -0.124. The maximum absolute atomic E-state index is 12.3. The first kappa shape index (κ1) is 25.8. The molecule has 0 saturated carbocycles. The fraction of sp³-hybridized carbons (Fsp3) is 0.636. The van der Waals surface area contributed by atoms with E-state index < -0.39 is 0 Å². The topological polar surface area (TPSA) is 104 Å². The maximum Gasteiger partial charge on any atom is 0.253 e. The molecule has 9 heteroatoms. The standard InChI is InChI=1S/C22H34N4O4.HI/c1-2-23-21(25-15-22(8-10-27)9-12-29-16-22)24-14-17-5-3-6-18(13-17)26-20(28)19-7-4-11-30-19;/h3,5-6,13,19,27H,2,4,7-12,14-16H2,1H3,(H,26,28)(H2,23,24,25);1H. The van der Waals surface area contributed by atoms with Crippen LogP contribution in [0.1, 0.15) is 38.2 Å². The molecule has 2 atom stereocenters. The Morgan fingerprint density at radius 3 is 2.87 bits per heavy atom. The van der Waals surface area contributed by atoms with E-state index in [9.17, 15) is 9.90 Å². The second-order valence-corrected chi connectivity index (χ2v) is 8.02. The molecule has 0 bridgehead atoms. The van der Waals surface area contributed by atoms with Gasteiger partial charge in [-0.15, -0.1) is 24.0 Å². The lowest BCUT2D eigenvalue weighted by atomic mass is 9.84. The van der Waals surface area contributed by atoms with Crippen LogP contribution in [0.5, 0.6) is 0 Å². The fourth-order valence-corrected chi connectivity index (χ4v) is 3.85. The number of nitrogens with one attached hydrogen (secondary N) is 3. The van der Waals surface area contributed by atoms with Gasteiger partial charge in [0.1, 0.15) is 6.10 Å². The number of benzene rings is 1. The summed E-state index contributed by atoms with van der Waals surface area (Å²) in [4.78, 5) is 16.9. The number of halogens is 1. The van der Waals surface area contributed by atoms with E-state index in [1.54, 1.807) is 0 Å². The first-order valence-corrected chi connectivity index (χ1v) is 10.9. The molecule has 2 aliphatic heterocycles. The molecule has 3 rings (SSSR count). The van der Waals surface area contributed by atoms with E-state index in [4.69, 9.17) is 9.47 Å². The number of guanidine groups is 1. The van der Waals surface area contributed by atoms with Crippen LogP contribution in [-0.2, 0) is 20.8 Å². The number of hydrogen-bond acceptors (Lipinski definition) is 5. The Hall–Kier alpha value is -1.43. The summed E-state index contributed by atoms with van der Waals surface area (Å²) in [5, 5.41) is 19.0. The highest BCUT2D eigenvalue weighted by Crippen LogP contribution is 2.31. The smallest absolute Gasteiger partial charge is 0.253 e. The van der Waals surface area contributed by atoms with Crippen LogP contribution < -0.4 is 16.0 Å². The third-order valence-electron chi connectivity index (χ3n) is 5.64. The van der Waals surface area contributed by atoms with Gasteiger partial charge in [-0.05, 0) is 50.3 Å². The van der Waals surface area contributed by atoms with Crippen molar-refractivity contribution in [2.45, 2.75) is 45.3 Å². The first-order chi connectivity index (χ1) is 14.6. The van der Waals surface area contributed by atoms with E-state index in [1.807, 2.05) is 31.2 Å². The van der Waals surface area contributed by atoms with Crippen molar-refractivity contribution in [2.75, 3.05) is 44.8 Å². The minimum atomic E-state index is -0.345. The summed E-state index contributed by atoms with van der Waals surface area (Å²) in [6.07, 6.45) is 3.01. The van der Waals surface area contributed by atoms with Gasteiger partial charge in [0, 0.05) is 44.0 Å². The Balaban J connectivity index is 0.00000341. The average Bonchev–Trinajstić information content (AvgIpc) is 3.44. The highest BCUT2D eigenvalue weighted by atomic mass is 127. The van der Waals surface area contributed by atoms with Gasteiger partial charge in [-0.1, -0.05) is 12.1 Å². The van der Waals surface area contributed by atoms with Crippen molar-refractivity contribution < 1.29 is 19.4 Å². The van der Waals surface area contributed by atoms with Gasteiger partial charge in [-0.3, -0.25) is 4.79 Å². The molecule has 174 valence electrons. The summed E-state index contributed by atoms with van der Waals surface area (Å²) in [6.45, 7) is 6.18. The van der Waals surface area contributed by atoms with Crippen LogP contribution in [0.4, 0.5) is 5.69 Å². The van der Waals surface area contributed by atoms with Gasteiger partial charge in [0.2, 0.25) is 0 Å². The normalized spacial score (nSPS) is 23.3. The number of aliphatic hydroxyl groups is 1. The van der Waals surface area contributed by atoms with Crippen molar-refractivity contribution >= 4 is 41.5 Å². The summed E-state index contributed by atoms with van der Waals surface area (Å²) in [7, 11) is 0. The molecule has 4 N–H and O–H groups in total. The van der Waals surface area contributed by atoms with Crippen molar-refractivity contribution in [1.82, 2.24) is 10.6 Å². The van der Waals surface area contributed by atoms with Crippen LogP contribution in [0.2, 0.25) is 0 Å². The lowest BCUT2D eigenvalue weighted by Crippen LogP contribution is -2.44. The van der Waals surface area contributed by atoms with E-state index in [0.717, 1.165) is 49.6 Å². The Morgan fingerprint density at radius 2 is 2.19 bits per heavy atom. The molecule has 0 aromatic heterocycles. The number of nitrogens with zero attached hydrogens (tertiary/aromatic N) is 1. The molecule has 2 fully saturated rings. The number of amides is 1. The second-order valence-electron chi connectivity index (χ2n) is 8.02. The zero-order chi connectivity index (χ0) is 21.2. The number of rotatable bonds is 9. The number of hydrogen-bond donors (Lipinski definition) is 4. The summed E-state index contributed by atoms with van der Waals surface area (Å²) in [5.41, 5.74) is 1.72. The molecule has 2 unspecified atom stereocenters. The average molecular weight is 546 g/mol. The summed E-state index contributed by atoms with van der Waals surface area (Å²) in [6, 6.07) is 7.73. The molecule has 2 aliphatic rings. The molecular formula is C22H35IN4O4. The predicted molar refractivity (Wildman–Crippen MR) is 132 cm³/mol. The molecule has 1 amide bonds. The molecule has 0 spiro atoms. The Labute approximate surface area is 201 Å². The van der Waals surface area contributed by atoms with E-state index in [1.165, 1.54) is 0 Å². The van der Waals surface area contributed by atoms with Crippen LogP contribution in [0.15, 0.2) is 29.3 Å². The SMILES string of the molecule is CCNC(=NCc1cccc(NC(=O)C2CCCO2)c1)NCC1(CCO)CCOC1.I. The molecule has 0 aliphatic carbocycles. The van der Waals surface area contributed by atoms with Crippen LogP contribution in [0.3, 0.4) is 0 Å². The van der Waals surface area contributed by atoms with Crippen LogP contribution in [0.25, 0.3) is 0 Å². The minimum Gasteiger partial charge on any atom is -0.396 e. The molecule has 1 aromatic rings. The maximum atomic E-state index is 12.3. The van der Waals surface area contributed by atoms with Crippen molar-refractivity contribution in [3.63, 3.8) is 0 Å². The van der Waals surface area contributed by atoms with E-state index in [0.29, 0.717) is 32.7 Å². The first-order valence-electron chi connectivity index (χ1n) is 10.9. The quantitative estimate of drug-likeness (QED) is 0.215. The monoisotopic (exact) mass is 546 g/mol. The molecule has 2 heterocycles. The molecule has 0 radical (unpaired) electrons. The van der Waals surface area contributed by atoms with E-state index in [2.05, 4.69) is 20.9 Å². The number of aliphatic hydroxyl groups excluding tert-OH is 1. The van der Waals surface area contributed by atoms with Gasteiger partial charge in [-0.2, -0.15) is 0 Å². The van der Waals surface area contributed by atoms with Crippen LogP contribution >= 0.6 is 24.0 Å². The number of ether oxygens (including phenoxy) is 2. The molecule has 1 aromatic carbocycles. The van der Waals surface area contributed by atoms with Gasteiger partial charge in [0.25, 0.3) is 5.91 Å². The van der Waals surface area contributed by atoms with E-state index >= 15 is 0 Å². The highest BCUT2D eigenvalue weighted by Gasteiger charge is 2.34. The van der Waals surface area contributed by atoms with Crippen molar-refractivity contribution in [3.05, 3.63) is 29.8 Å². The summed E-state index contributed by atoms with van der Waals surface area (Å²) in [5.74, 6) is 0.645. The zero-order valence-electron chi connectivity index (χ0n) is 18.2. The summed E-state index contributed by atoms with van der Waals surface area (Å²) < 4.78 is 11.0. The van der Waals surface area contributed by atoms with Crippen molar-refractivity contribution in [1.29, 1.82) is 0 Å². The number of aliphatic imine (C=N–C) groups is 1. The zero-order valence-corrected chi connectivity index (χ0v) is 20.5. The molecule has 31 heavy (non-hydrogen) atoms. The van der Waals surface area contributed by atoms with Gasteiger partial charge < -0.3 is 30.5 Å². The number of anilines is 1. The fourth-order valence-electron chi connectivity index (χ4n) is 3.85. The third-order valence-corrected chi connectivity index (χ3v) is 5.64. The molecular weight excluding hydrogens is 511 g/mol. The molecule has 2 saturated heterocycles.